The number of anilines is 1. The number of alkyl halides is 3. The summed E-state index contributed by atoms with van der Waals surface area (Å²) in [5.41, 5.74) is 1.12. The standard InChI is InChI=1S/C16H14ClF3N2S/c1-10-2-4-11(5-3-10)9-21-15(23)22-14-7-6-12(17)8-13(14)16(18,19)20/h2-8H,9H2,1H3,(H2,21,22,23). The summed E-state index contributed by atoms with van der Waals surface area (Å²) in [7, 11) is 0. The first-order valence-corrected chi connectivity index (χ1v) is 7.51. The predicted molar refractivity (Wildman–Crippen MR) is 90.7 cm³/mol. The summed E-state index contributed by atoms with van der Waals surface area (Å²) in [5.74, 6) is 0. The maximum atomic E-state index is 13.0. The van der Waals surface area contributed by atoms with Crippen LogP contribution in [0, 0.1) is 6.92 Å². The van der Waals surface area contributed by atoms with E-state index < -0.39 is 11.7 Å². The number of halogens is 4. The first-order chi connectivity index (χ1) is 10.8. The third kappa shape index (κ3) is 5.11. The molecule has 0 aliphatic heterocycles. The van der Waals surface area contributed by atoms with E-state index >= 15 is 0 Å². The smallest absolute Gasteiger partial charge is 0.358 e. The number of benzene rings is 2. The van der Waals surface area contributed by atoms with Gasteiger partial charge < -0.3 is 10.6 Å². The van der Waals surface area contributed by atoms with E-state index in [9.17, 15) is 13.2 Å². The maximum Gasteiger partial charge on any atom is 0.418 e. The van der Waals surface area contributed by atoms with Gasteiger partial charge in [-0.25, -0.2) is 0 Å². The second-order valence-corrected chi connectivity index (χ2v) is 5.83. The minimum Gasteiger partial charge on any atom is -0.358 e. The second kappa shape index (κ2) is 7.19. The Balaban J connectivity index is 2.04. The number of rotatable bonds is 3. The predicted octanol–water partition coefficient (Wildman–Crippen LogP) is 5.15. The molecule has 2 nitrogen and oxygen atoms in total. The minimum absolute atomic E-state index is 0.0152. The molecule has 0 bridgehead atoms. The lowest BCUT2D eigenvalue weighted by Gasteiger charge is -2.16. The molecule has 0 unspecified atom stereocenters. The summed E-state index contributed by atoms with van der Waals surface area (Å²) < 4.78 is 39.0. The zero-order valence-electron chi connectivity index (χ0n) is 12.2. The molecule has 0 saturated carbocycles. The molecule has 0 radical (unpaired) electrons. The summed E-state index contributed by atoms with van der Waals surface area (Å²) in [6.07, 6.45) is -4.51. The van der Waals surface area contributed by atoms with Gasteiger partial charge in [0.15, 0.2) is 5.11 Å². The Morgan fingerprint density at radius 3 is 2.39 bits per heavy atom. The average Bonchev–Trinajstić information content (AvgIpc) is 2.47. The van der Waals surface area contributed by atoms with Crippen LogP contribution in [0.1, 0.15) is 16.7 Å². The summed E-state index contributed by atoms with van der Waals surface area (Å²) in [6, 6.07) is 11.3. The molecule has 0 fully saturated rings. The Bertz CT molecular complexity index is 699. The normalized spacial score (nSPS) is 11.2. The number of hydrogen-bond acceptors (Lipinski definition) is 1. The fourth-order valence-corrected chi connectivity index (χ4v) is 2.27. The molecule has 2 N–H and O–H groups in total. The second-order valence-electron chi connectivity index (χ2n) is 4.98. The Hall–Kier alpha value is -1.79. The molecule has 0 spiro atoms. The molecular weight excluding hydrogens is 345 g/mol. The molecule has 2 rings (SSSR count). The van der Waals surface area contributed by atoms with Gasteiger partial charge in [0.2, 0.25) is 0 Å². The third-order valence-electron chi connectivity index (χ3n) is 3.11. The van der Waals surface area contributed by atoms with Gasteiger partial charge in [-0.1, -0.05) is 41.4 Å². The lowest BCUT2D eigenvalue weighted by atomic mass is 10.1. The molecule has 0 aliphatic rings. The fourth-order valence-electron chi connectivity index (χ4n) is 1.91. The molecular formula is C16H14ClF3N2S. The molecule has 0 aliphatic carbocycles. The lowest BCUT2D eigenvalue weighted by molar-refractivity contribution is -0.136. The SMILES string of the molecule is Cc1ccc(CNC(=S)Nc2ccc(Cl)cc2C(F)(F)F)cc1. The molecule has 23 heavy (non-hydrogen) atoms. The Kier molecular flexibility index (Phi) is 5.49. The molecule has 0 atom stereocenters. The zero-order valence-corrected chi connectivity index (χ0v) is 13.7. The van der Waals surface area contributed by atoms with Gasteiger partial charge in [0, 0.05) is 11.6 Å². The molecule has 2 aromatic rings. The average molecular weight is 359 g/mol. The van der Waals surface area contributed by atoms with E-state index in [0.29, 0.717) is 6.54 Å². The topological polar surface area (TPSA) is 24.1 Å². The molecule has 0 aromatic heterocycles. The van der Waals surface area contributed by atoms with Gasteiger partial charge in [0.1, 0.15) is 0 Å². The maximum absolute atomic E-state index is 13.0. The van der Waals surface area contributed by atoms with Crippen LogP contribution in [0.3, 0.4) is 0 Å². The van der Waals surface area contributed by atoms with Crippen LogP contribution in [0.2, 0.25) is 5.02 Å². The van der Waals surface area contributed by atoms with E-state index in [0.717, 1.165) is 17.2 Å². The number of nitrogens with one attached hydrogen (secondary N) is 2. The number of hydrogen-bond donors (Lipinski definition) is 2. The van der Waals surface area contributed by atoms with Crippen LogP contribution in [-0.4, -0.2) is 5.11 Å². The van der Waals surface area contributed by atoms with Crippen LogP contribution in [0.5, 0.6) is 0 Å². The van der Waals surface area contributed by atoms with Crippen molar-refractivity contribution in [2.75, 3.05) is 5.32 Å². The minimum atomic E-state index is -4.51. The van der Waals surface area contributed by atoms with Crippen molar-refractivity contribution < 1.29 is 13.2 Å². The summed E-state index contributed by atoms with van der Waals surface area (Å²) in [4.78, 5) is 0. The Labute approximate surface area is 142 Å². The van der Waals surface area contributed by atoms with E-state index in [1.54, 1.807) is 0 Å². The lowest BCUT2D eigenvalue weighted by Crippen LogP contribution is -2.29. The van der Waals surface area contributed by atoms with Gasteiger partial charge in [-0.05, 0) is 42.9 Å². The van der Waals surface area contributed by atoms with Crippen molar-refractivity contribution in [1.82, 2.24) is 5.32 Å². The molecule has 0 heterocycles. The first kappa shape index (κ1) is 17.6. The Morgan fingerprint density at radius 1 is 1.13 bits per heavy atom. The monoisotopic (exact) mass is 358 g/mol. The number of thiocarbonyl (C=S) groups is 1. The van der Waals surface area contributed by atoms with E-state index in [2.05, 4.69) is 10.6 Å². The van der Waals surface area contributed by atoms with Crippen LogP contribution in [0.25, 0.3) is 0 Å². The van der Waals surface area contributed by atoms with Crippen molar-refractivity contribution in [2.24, 2.45) is 0 Å². The Morgan fingerprint density at radius 2 is 1.78 bits per heavy atom. The van der Waals surface area contributed by atoms with Crippen LogP contribution in [0.4, 0.5) is 18.9 Å². The highest BCUT2D eigenvalue weighted by atomic mass is 35.5. The van der Waals surface area contributed by atoms with Crippen molar-refractivity contribution in [3.05, 3.63) is 64.2 Å². The van der Waals surface area contributed by atoms with Crippen molar-refractivity contribution in [3.63, 3.8) is 0 Å². The van der Waals surface area contributed by atoms with Crippen LogP contribution >= 0.6 is 23.8 Å². The van der Waals surface area contributed by atoms with Crippen molar-refractivity contribution in [3.8, 4) is 0 Å². The highest BCUT2D eigenvalue weighted by Crippen LogP contribution is 2.36. The van der Waals surface area contributed by atoms with Gasteiger partial charge in [0.25, 0.3) is 0 Å². The van der Waals surface area contributed by atoms with Crippen LogP contribution in [0.15, 0.2) is 42.5 Å². The third-order valence-corrected chi connectivity index (χ3v) is 3.59. The molecule has 122 valence electrons. The fraction of sp³-hybridized carbons (Fsp3) is 0.188. The van der Waals surface area contributed by atoms with Gasteiger partial charge in [-0.15, -0.1) is 0 Å². The molecule has 0 amide bonds. The largest absolute Gasteiger partial charge is 0.418 e. The molecule has 0 saturated heterocycles. The quantitative estimate of drug-likeness (QED) is 0.742. The van der Waals surface area contributed by atoms with Crippen LogP contribution in [-0.2, 0) is 12.7 Å². The van der Waals surface area contributed by atoms with E-state index in [1.165, 1.54) is 12.1 Å². The van der Waals surface area contributed by atoms with Gasteiger partial charge in [-0.3, -0.25) is 0 Å². The molecule has 7 heteroatoms. The molecule has 2 aromatic carbocycles. The zero-order chi connectivity index (χ0) is 17.0. The van der Waals surface area contributed by atoms with Crippen molar-refractivity contribution in [2.45, 2.75) is 19.6 Å². The van der Waals surface area contributed by atoms with Crippen LogP contribution < -0.4 is 10.6 Å². The van der Waals surface area contributed by atoms with Gasteiger partial charge in [-0.2, -0.15) is 13.2 Å². The van der Waals surface area contributed by atoms with E-state index in [-0.39, 0.29) is 15.8 Å². The summed E-state index contributed by atoms with van der Waals surface area (Å²) >= 11 is 10.7. The first-order valence-electron chi connectivity index (χ1n) is 6.73. The summed E-state index contributed by atoms with van der Waals surface area (Å²) in [5, 5.41) is 5.57. The highest BCUT2D eigenvalue weighted by Gasteiger charge is 2.34. The van der Waals surface area contributed by atoms with Gasteiger partial charge >= 0.3 is 6.18 Å². The highest BCUT2D eigenvalue weighted by molar-refractivity contribution is 7.80. The summed E-state index contributed by atoms with van der Waals surface area (Å²) in [6.45, 7) is 2.39. The van der Waals surface area contributed by atoms with Gasteiger partial charge in [0.05, 0.1) is 11.3 Å². The van der Waals surface area contributed by atoms with E-state index in [4.69, 9.17) is 23.8 Å². The van der Waals surface area contributed by atoms with E-state index in [1.807, 2.05) is 31.2 Å². The number of aryl methyl sites for hydroxylation is 1. The van der Waals surface area contributed by atoms with Crippen molar-refractivity contribution in [1.29, 1.82) is 0 Å². The van der Waals surface area contributed by atoms with Crippen molar-refractivity contribution >= 4 is 34.6 Å².